The predicted octanol–water partition coefficient (Wildman–Crippen LogP) is 2.44. The molecule has 0 aliphatic carbocycles. The lowest BCUT2D eigenvalue weighted by Gasteiger charge is -2.28. The van der Waals surface area contributed by atoms with Crippen LogP contribution in [0.4, 0.5) is 0 Å². The molecule has 1 aliphatic heterocycles. The molecule has 6 heteroatoms. The van der Waals surface area contributed by atoms with Crippen molar-refractivity contribution in [2.45, 2.75) is 45.7 Å². The fourth-order valence-corrected chi connectivity index (χ4v) is 3.03. The molecule has 1 amide bonds. The maximum Gasteiger partial charge on any atom is 0.237 e. The van der Waals surface area contributed by atoms with Gasteiger partial charge >= 0.3 is 0 Å². The highest BCUT2D eigenvalue weighted by molar-refractivity contribution is 7.11. The lowest BCUT2D eigenvalue weighted by molar-refractivity contribution is -0.124. The summed E-state index contributed by atoms with van der Waals surface area (Å²) in [5, 5.41) is 7.31. The number of hydrogen-bond acceptors (Lipinski definition) is 4. The Bertz CT molecular complexity index is 424. The van der Waals surface area contributed by atoms with Gasteiger partial charge in [-0.2, -0.15) is 0 Å². The minimum atomic E-state index is -0.0442. The number of hydrogen-bond donors (Lipinski definition) is 2. The van der Waals surface area contributed by atoms with Gasteiger partial charge in [-0.15, -0.1) is 23.7 Å². The van der Waals surface area contributed by atoms with Gasteiger partial charge in [-0.1, -0.05) is 6.92 Å². The molecular formula is C13H22ClN3OS. The van der Waals surface area contributed by atoms with Gasteiger partial charge < -0.3 is 10.6 Å². The molecule has 1 saturated heterocycles. The fourth-order valence-electron chi connectivity index (χ4n) is 2.26. The van der Waals surface area contributed by atoms with E-state index in [0.717, 1.165) is 24.4 Å². The summed E-state index contributed by atoms with van der Waals surface area (Å²) in [7, 11) is 0. The lowest BCUT2D eigenvalue weighted by Crippen LogP contribution is -2.48. The number of aryl methyl sites for hydroxylation is 1. The summed E-state index contributed by atoms with van der Waals surface area (Å²) in [5.74, 6) is 0.723. The summed E-state index contributed by atoms with van der Waals surface area (Å²) in [6.07, 6.45) is 3.93. The molecule has 1 aliphatic rings. The average Bonchev–Trinajstić information content (AvgIpc) is 2.76. The molecule has 0 bridgehead atoms. The second-order valence-corrected chi connectivity index (χ2v) is 6.44. The van der Waals surface area contributed by atoms with Gasteiger partial charge in [0.2, 0.25) is 5.91 Å². The van der Waals surface area contributed by atoms with Gasteiger partial charge in [-0.25, -0.2) is 4.98 Å². The van der Waals surface area contributed by atoms with Gasteiger partial charge in [0.1, 0.15) is 5.01 Å². The number of aromatic nitrogens is 1. The van der Waals surface area contributed by atoms with E-state index in [1.165, 1.54) is 4.88 Å². The Morgan fingerprint density at radius 3 is 2.95 bits per heavy atom. The van der Waals surface area contributed by atoms with Crippen LogP contribution in [0.15, 0.2) is 6.20 Å². The summed E-state index contributed by atoms with van der Waals surface area (Å²) in [6.45, 7) is 7.15. The molecule has 2 heterocycles. The fraction of sp³-hybridized carbons (Fsp3) is 0.692. The summed E-state index contributed by atoms with van der Waals surface area (Å²) < 4.78 is 0. The third-order valence-corrected chi connectivity index (χ3v) is 4.45. The van der Waals surface area contributed by atoms with Crippen LogP contribution in [0.5, 0.6) is 0 Å². The van der Waals surface area contributed by atoms with Crippen molar-refractivity contribution < 1.29 is 4.79 Å². The van der Waals surface area contributed by atoms with Crippen LogP contribution < -0.4 is 10.6 Å². The second kappa shape index (κ2) is 7.22. The molecule has 4 nitrogen and oxygen atoms in total. The molecule has 0 radical (unpaired) electrons. The molecule has 1 aromatic heterocycles. The third-order valence-electron chi connectivity index (χ3n) is 3.35. The normalized spacial score (nSPS) is 24.4. The highest BCUT2D eigenvalue weighted by Gasteiger charge is 2.25. The maximum absolute atomic E-state index is 12.1. The number of thiazole rings is 1. The van der Waals surface area contributed by atoms with Crippen LogP contribution in [-0.4, -0.2) is 23.5 Å². The van der Waals surface area contributed by atoms with Crippen LogP contribution >= 0.6 is 23.7 Å². The zero-order valence-electron chi connectivity index (χ0n) is 11.6. The number of piperidine rings is 1. The van der Waals surface area contributed by atoms with Crippen LogP contribution in [0.25, 0.3) is 0 Å². The SMILES string of the molecule is Cc1cnc(C(C)NC(=O)C2CC(C)CCN2)s1.Cl. The van der Waals surface area contributed by atoms with Gasteiger partial charge in [-0.05, 0) is 39.2 Å². The molecule has 108 valence electrons. The topological polar surface area (TPSA) is 54.0 Å². The Morgan fingerprint density at radius 1 is 1.63 bits per heavy atom. The first-order chi connectivity index (χ1) is 8.56. The van der Waals surface area contributed by atoms with Crippen LogP contribution in [0.1, 0.15) is 42.6 Å². The van der Waals surface area contributed by atoms with Crippen LogP contribution in [0.3, 0.4) is 0 Å². The molecule has 0 saturated carbocycles. The lowest BCUT2D eigenvalue weighted by atomic mass is 9.94. The molecule has 3 atom stereocenters. The molecule has 0 aromatic carbocycles. The molecule has 1 fully saturated rings. The van der Waals surface area contributed by atoms with E-state index in [1.54, 1.807) is 11.3 Å². The average molecular weight is 304 g/mol. The summed E-state index contributed by atoms with van der Waals surface area (Å²) in [4.78, 5) is 17.6. The smallest absolute Gasteiger partial charge is 0.237 e. The Kier molecular flexibility index (Phi) is 6.23. The Balaban J connectivity index is 0.00000180. The van der Waals surface area contributed by atoms with Crippen molar-refractivity contribution in [3.8, 4) is 0 Å². The number of amides is 1. The second-order valence-electron chi connectivity index (χ2n) is 5.18. The number of nitrogens with one attached hydrogen (secondary N) is 2. The van der Waals surface area contributed by atoms with Crippen molar-refractivity contribution in [3.63, 3.8) is 0 Å². The highest BCUT2D eigenvalue weighted by Crippen LogP contribution is 2.20. The maximum atomic E-state index is 12.1. The van der Waals surface area contributed by atoms with Crippen LogP contribution in [-0.2, 0) is 4.79 Å². The first-order valence-corrected chi connectivity index (χ1v) is 7.34. The summed E-state index contributed by atoms with van der Waals surface area (Å²) in [5.41, 5.74) is 0. The molecule has 1 aromatic rings. The van der Waals surface area contributed by atoms with Gasteiger partial charge in [0.15, 0.2) is 0 Å². The van der Waals surface area contributed by atoms with E-state index in [2.05, 4.69) is 22.5 Å². The van der Waals surface area contributed by atoms with Gasteiger partial charge in [0.05, 0.1) is 12.1 Å². The number of carbonyl (C=O) groups excluding carboxylic acids is 1. The molecule has 2 N–H and O–H groups in total. The van der Waals surface area contributed by atoms with Crippen molar-refractivity contribution in [2.75, 3.05) is 6.54 Å². The monoisotopic (exact) mass is 303 g/mol. The van der Waals surface area contributed by atoms with Crippen molar-refractivity contribution in [2.24, 2.45) is 5.92 Å². The number of carbonyl (C=O) groups is 1. The number of rotatable bonds is 3. The van der Waals surface area contributed by atoms with Crippen molar-refractivity contribution >= 4 is 29.7 Å². The first kappa shape index (κ1) is 16.4. The van der Waals surface area contributed by atoms with Gasteiger partial charge in [0.25, 0.3) is 0 Å². The highest BCUT2D eigenvalue weighted by atomic mass is 35.5. The minimum absolute atomic E-state index is 0. The Morgan fingerprint density at radius 2 is 2.37 bits per heavy atom. The van der Waals surface area contributed by atoms with E-state index < -0.39 is 0 Å². The van der Waals surface area contributed by atoms with E-state index in [4.69, 9.17) is 0 Å². The quantitative estimate of drug-likeness (QED) is 0.902. The summed E-state index contributed by atoms with van der Waals surface area (Å²) in [6, 6.07) is -0.0486. The molecule has 3 unspecified atom stereocenters. The Hall–Kier alpha value is -0.650. The van der Waals surface area contributed by atoms with E-state index in [9.17, 15) is 4.79 Å². The Labute approximate surface area is 124 Å². The van der Waals surface area contributed by atoms with E-state index in [0.29, 0.717) is 5.92 Å². The van der Waals surface area contributed by atoms with E-state index >= 15 is 0 Å². The van der Waals surface area contributed by atoms with Crippen molar-refractivity contribution in [1.82, 2.24) is 15.6 Å². The van der Waals surface area contributed by atoms with Crippen molar-refractivity contribution in [3.05, 3.63) is 16.1 Å². The van der Waals surface area contributed by atoms with Crippen LogP contribution in [0, 0.1) is 12.8 Å². The predicted molar refractivity (Wildman–Crippen MR) is 80.8 cm³/mol. The summed E-state index contributed by atoms with van der Waals surface area (Å²) >= 11 is 1.64. The van der Waals surface area contributed by atoms with E-state index in [1.807, 2.05) is 20.0 Å². The van der Waals surface area contributed by atoms with Crippen LogP contribution in [0.2, 0.25) is 0 Å². The molecular weight excluding hydrogens is 282 g/mol. The number of halogens is 1. The third kappa shape index (κ3) is 4.44. The zero-order valence-corrected chi connectivity index (χ0v) is 13.2. The van der Waals surface area contributed by atoms with Gasteiger partial charge in [-0.3, -0.25) is 4.79 Å². The van der Waals surface area contributed by atoms with E-state index in [-0.39, 0.29) is 30.4 Å². The standard InChI is InChI=1S/C13H21N3OS.ClH/c1-8-4-5-14-11(6-8)12(17)16-10(3)13-15-7-9(2)18-13;/h7-8,10-11,14H,4-6H2,1-3H3,(H,16,17);1H. The number of nitrogens with zero attached hydrogens (tertiary/aromatic N) is 1. The minimum Gasteiger partial charge on any atom is -0.346 e. The largest absolute Gasteiger partial charge is 0.346 e. The molecule has 2 rings (SSSR count). The molecule has 19 heavy (non-hydrogen) atoms. The molecule has 0 spiro atoms. The zero-order chi connectivity index (χ0) is 13.1. The first-order valence-electron chi connectivity index (χ1n) is 6.52. The van der Waals surface area contributed by atoms with Gasteiger partial charge in [0, 0.05) is 11.1 Å². The van der Waals surface area contributed by atoms with Crippen molar-refractivity contribution in [1.29, 1.82) is 0 Å².